The van der Waals surface area contributed by atoms with E-state index in [2.05, 4.69) is 5.32 Å². The van der Waals surface area contributed by atoms with Gasteiger partial charge in [-0.05, 0) is 62.9 Å². The van der Waals surface area contributed by atoms with Crippen molar-refractivity contribution in [3.8, 4) is 5.75 Å². The Labute approximate surface area is 188 Å². The number of likely N-dealkylation sites (tertiary alicyclic amines) is 1. The minimum absolute atomic E-state index is 0.0267. The normalized spacial score (nSPS) is 18.1. The Morgan fingerprint density at radius 3 is 2.47 bits per heavy atom. The molecule has 2 aliphatic rings. The van der Waals surface area contributed by atoms with Gasteiger partial charge < -0.3 is 15.0 Å². The molecule has 2 aromatic carbocycles. The lowest BCUT2D eigenvalue weighted by atomic mass is 10.1. The van der Waals surface area contributed by atoms with Gasteiger partial charge in [0.05, 0.1) is 5.69 Å². The molecule has 7 nitrogen and oxygen atoms in total. The molecule has 32 heavy (non-hydrogen) atoms. The first-order valence-electron chi connectivity index (χ1n) is 11.2. The third-order valence-corrected chi connectivity index (χ3v) is 6.00. The van der Waals surface area contributed by atoms with E-state index in [4.69, 9.17) is 4.74 Å². The summed E-state index contributed by atoms with van der Waals surface area (Å²) in [5, 5.41) is 2.88. The number of benzene rings is 2. The molecular weight excluding hydrogens is 406 g/mol. The molecule has 2 heterocycles. The highest BCUT2D eigenvalue weighted by atomic mass is 16.5. The Hall–Kier alpha value is -3.35. The van der Waals surface area contributed by atoms with Crippen LogP contribution in [0.3, 0.4) is 0 Å². The van der Waals surface area contributed by atoms with Gasteiger partial charge in [0.1, 0.15) is 12.3 Å². The number of amides is 3. The number of fused-ring (bicyclic) bond motifs is 1. The van der Waals surface area contributed by atoms with Gasteiger partial charge in [0, 0.05) is 24.3 Å². The summed E-state index contributed by atoms with van der Waals surface area (Å²) < 4.78 is 5.88. The molecule has 1 N–H and O–H groups in total. The molecule has 2 aromatic rings. The van der Waals surface area contributed by atoms with Gasteiger partial charge in [-0.15, -0.1) is 0 Å². The lowest BCUT2D eigenvalue weighted by Crippen LogP contribution is -2.51. The van der Waals surface area contributed by atoms with Crippen molar-refractivity contribution in [2.75, 3.05) is 29.9 Å². The molecule has 2 aliphatic heterocycles. The highest BCUT2D eigenvalue weighted by Crippen LogP contribution is 2.37. The van der Waals surface area contributed by atoms with Crippen LogP contribution in [-0.4, -0.2) is 48.4 Å². The zero-order chi connectivity index (χ0) is 22.7. The monoisotopic (exact) mass is 435 g/mol. The van der Waals surface area contributed by atoms with Crippen molar-refractivity contribution in [2.45, 2.75) is 45.6 Å². The van der Waals surface area contributed by atoms with E-state index in [-0.39, 0.29) is 24.3 Å². The van der Waals surface area contributed by atoms with Crippen molar-refractivity contribution < 1.29 is 19.1 Å². The van der Waals surface area contributed by atoms with Crippen LogP contribution in [0, 0.1) is 6.92 Å². The molecule has 1 atom stereocenters. The number of hydrogen-bond acceptors (Lipinski definition) is 4. The summed E-state index contributed by atoms with van der Waals surface area (Å²) in [7, 11) is 0. The zero-order valence-corrected chi connectivity index (χ0v) is 18.6. The van der Waals surface area contributed by atoms with Crippen LogP contribution in [-0.2, 0) is 9.59 Å². The van der Waals surface area contributed by atoms with Gasteiger partial charge in [-0.1, -0.05) is 24.6 Å². The molecule has 0 aliphatic carbocycles. The van der Waals surface area contributed by atoms with Crippen molar-refractivity contribution >= 4 is 29.1 Å². The Balaban J connectivity index is 1.57. The second-order valence-corrected chi connectivity index (χ2v) is 8.38. The molecule has 0 saturated carbocycles. The van der Waals surface area contributed by atoms with Crippen LogP contribution in [0.1, 0.15) is 48.5 Å². The fourth-order valence-corrected chi connectivity index (χ4v) is 4.11. The van der Waals surface area contributed by atoms with Gasteiger partial charge in [-0.2, -0.15) is 0 Å². The number of nitrogens with zero attached hydrogens (tertiary/aromatic N) is 2. The summed E-state index contributed by atoms with van der Waals surface area (Å²) >= 11 is 0. The predicted molar refractivity (Wildman–Crippen MR) is 123 cm³/mol. The van der Waals surface area contributed by atoms with Crippen LogP contribution in [0.25, 0.3) is 0 Å². The number of aryl methyl sites for hydroxylation is 1. The van der Waals surface area contributed by atoms with Crippen LogP contribution in [0.15, 0.2) is 42.5 Å². The molecule has 7 heteroatoms. The molecule has 168 valence electrons. The highest BCUT2D eigenvalue weighted by Gasteiger charge is 2.35. The molecule has 0 aromatic heterocycles. The number of piperidine rings is 1. The average molecular weight is 436 g/mol. The molecule has 0 bridgehead atoms. The highest BCUT2D eigenvalue weighted by molar-refractivity contribution is 6.07. The SMILES string of the molecule is CCC1Oc2ccc(NC(=O)c3ccc(C)cc3)cc2N(CC(=O)N2CCCCC2)C1=O. The molecule has 0 radical (unpaired) electrons. The summed E-state index contributed by atoms with van der Waals surface area (Å²) in [6.45, 7) is 5.28. The number of hydrogen-bond donors (Lipinski definition) is 1. The Bertz CT molecular complexity index is 1010. The van der Waals surface area contributed by atoms with Crippen LogP contribution in [0.4, 0.5) is 11.4 Å². The molecule has 4 rings (SSSR count). The zero-order valence-electron chi connectivity index (χ0n) is 18.6. The smallest absolute Gasteiger partial charge is 0.268 e. The minimum Gasteiger partial charge on any atom is -0.478 e. The lowest BCUT2D eigenvalue weighted by molar-refractivity contribution is -0.134. The van der Waals surface area contributed by atoms with Gasteiger partial charge >= 0.3 is 0 Å². The number of anilines is 2. The molecular formula is C25H29N3O4. The van der Waals surface area contributed by atoms with Gasteiger partial charge in [-0.25, -0.2) is 0 Å². The van der Waals surface area contributed by atoms with Gasteiger partial charge in [-0.3, -0.25) is 19.3 Å². The van der Waals surface area contributed by atoms with E-state index < -0.39 is 6.10 Å². The third-order valence-electron chi connectivity index (χ3n) is 6.00. The number of ether oxygens (including phenoxy) is 1. The Kier molecular flexibility index (Phi) is 6.44. The van der Waals surface area contributed by atoms with Gasteiger partial charge in [0.2, 0.25) is 5.91 Å². The fraction of sp³-hybridized carbons (Fsp3) is 0.400. The standard InChI is InChI=1S/C25H29N3O4/c1-3-21-25(31)28(16-23(29)27-13-5-4-6-14-27)20-15-19(11-12-22(20)32-21)26-24(30)18-9-7-17(2)8-10-18/h7-12,15,21H,3-6,13-14,16H2,1-2H3,(H,26,30). The van der Waals surface area contributed by atoms with Gasteiger partial charge in [0.25, 0.3) is 11.8 Å². The van der Waals surface area contributed by atoms with E-state index in [1.54, 1.807) is 30.3 Å². The first-order valence-corrected chi connectivity index (χ1v) is 11.2. The maximum absolute atomic E-state index is 13.1. The second-order valence-electron chi connectivity index (χ2n) is 8.38. The Morgan fingerprint density at radius 1 is 1.06 bits per heavy atom. The van der Waals surface area contributed by atoms with E-state index in [0.717, 1.165) is 37.9 Å². The van der Waals surface area contributed by atoms with E-state index in [9.17, 15) is 14.4 Å². The predicted octanol–water partition coefficient (Wildman–Crippen LogP) is 3.76. The van der Waals surface area contributed by atoms with Crippen molar-refractivity contribution in [1.29, 1.82) is 0 Å². The van der Waals surface area contributed by atoms with Crippen LogP contribution < -0.4 is 15.0 Å². The molecule has 3 amide bonds. The number of rotatable bonds is 5. The summed E-state index contributed by atoms with van der Waals surface area (Å²) in [6, 6.07) is 12.5. The Morgan fingerprint density at radius 2 is 1.78 bits per heavy atom. The minimum atomic E-state index is -0.621. The first kappa shape index (κ1) is 21.9. The maximum Gasteiger partial charge on any atom is 0.268 e. The fourth-order valence-electron chi connectivity index (χ4n) is 4.11. The summed E-state index contributed by atoms with van der Waals surface area (Å²) in [4.78, 5) is 42.0. The summed E-state index contributed by atoms with van der Waals surface area (Å²) in [5.41, 5.74) is 2.66. The second kappa shape index (κ2) is 9.42. The van der Waals surface area contributed by atoms with E-state index in [1.807, 2.05) is 30.9 Å². The van der Waals surface area contributed by atoms with Gasteiger partial charge in [0.15, 0.2) is 6.10 Å². The molecule has 0 spiro atoms. The van der Waals surface area contributed by atoms with E-state index in [0.29, 0.717) is 29.1 Å². The topological polar surface area (TPSA) is 79.0 Å². The number of nitrogens with one attached hydrogen (secondary N) is 1. The number of carbonyl (C=O) groups excluding carboxylic acids is 3. The van der Waals surface area contributed by atoms with Crippen LogP contribution >= 0.6 is 0 Å². The van der Waals surface area contributed by atoms with Crippen molar-refractivity contribution in [3.05, 3.63) is 53.6 Å². The third kappa shape index (κ3) is 4.61. The van der Waals surface area contributed by atoms with E-state index >= 15 is 0 Å². The molecule has 1 fully saturated rings. The van der Waals surface area contributed by atoms with E-state index in [1.165, 1.54) is 4.90 Å². The summed E-state index contributed by atoms with van der Waals surface area (Å²) in [5.74, 6) is 0.00817. The van der Waals surface area contributed by atoms with Crippen molar-refractivity contribution in [1.82, 2.24) is 4.90 Å². The van der Waals surface area contributed by atoms with Crippen molar-refractivity contribution in [2.24, 2.45) is 0 Å². The maximum atomic E-state index is 13.1. The van der Waals surface area contributed by atoms with Crippen molar-refractivity contribution in [3.63, 3.8) is 0 Å². The van der Waals surface area contributed by atoms with Crippen LogP contribution in [0.5, 0.6) is 5.75 Å². The van der Waals surface area contributed by atoms with Crippen LogP contribution in [0.2, 0.25) is 0 Å². The number of carbonyl (C=O) groups is 3. The summed E-state index contributed by atoms with van der Waals surface area (Å²) in [6.07, 6.45) is 3.01. The largest absolute Gasteiger partial charge is 0.478 e. The molecule has 1 saturated heterocycles. The lowest BCUT2D eigenvalue weighted by Gasteiger charge is -2.36. The quantitative estimate of drug-likeness (QED) is 0.776. The molecule has 1 unspecified atom stereocenters. The average Bonchev–Trinajstić information content (AvgIpc) is 2.81. The first-order chi connectivity index (χ1) is 15.5.